The number of fused-ring (bicyclic) bond motifs is 2. The van der Waals surface area contributed by atoms with Crippen molar-refractivity contribution in [3.63, 3.8) is 0 Å². The summed E-state index contributed by atoms with van der Waals surface area (Å²) in [6.07, 6.45) is 4.05. The second-order valence-corrected chi connectivity index (χ2v) is 11.5. The van der Waals surface area contributed by atoms with Crippen LogP contribution < -0.4 is 14.9 Å². The summed E-state index contributed by atoms with van der Waals surface area (Å²) in [4.78, 5) is 33.9. The van der Waals surface area contributed by atoms with Gasteiger partial charge in [-0.05, 0) is 44.4 Å². The van der Waals surface area contributed by atoms with Gasteiger partial charge in [-0.25, -0.2) is 9.79 Å². The van der Waals surface area contributed by atoms with E-state index < -0.39 is 12.0 Å². The van der Waals surface area contributed by atoms with Crippen LogP contribution >= 0.6 is 22.7 Å². The molecule has 39 heavy (non-hydrogen) atoms. The lowest BCUT2D eigenvalue weighted by atomic mass is 9.97. The lowest BCUT2D eigenvalue weighted by molar-refractivity contribution is -0.138. The summed E-state index contributed by atoms with van der Waals surface area (Å²) in [6, 6.07) is 21.4. The number of carbonyl (C=O) groups excluding carboxylic acids is 1. The van der Waals surface area contributed by atoms with Gasteiger partial charge in [0.1, 0.15) is 6.04 Å². The average molecular weight is 554 g/mol. The van der Waals surface area contributed by atoms with Crippen molar-refractivity contribution in [2.75, 3.05) is 6.61 Å². The maximum atomic E-state index is 14.1. The fourth-order valence-electron chi connectivity index (χ4n) is 5.07. The number of thiophene rings is 1. The molecule has 0 bridgehead atoms. The molecule has 0 amide bonds. The molecule has 1 aliphatic heterocycles. The maximum Gasteiger partial charge on any atom is 0.338 e. The molecule has 2 aromatic carbocycles. The van der Waals surface area contributed by atoms with Crippen LogP contribution in [-0.4, -0.2) is 21.7 Å². The summed E-state index contributed by atoms with van der Waals surface area (Å²) in [7, 11) is 0. The van der Waals surface area contributed by atoms with Crippen LogP contribution in [0.25, 0.3) is 22.7 Å². The monoisotopic (exact) mass is 553 g/mol. The third kappa shape index (κ3) is 4.39. The number of hydrogen-bond donors (Lipinski definition) is 0. The first-order chi connectivity index (χ1) is 19.0. The molecule has 3 aromatic heterocycles. The standard InChI is InChI=1S/C31H27N3O3S2/c1-4-37-30(36)26-27(20-11-6-5-7-12-20)32-31-34(28(26)24-15-10-16-38-24)29(35)25(39-31)17-21-18-33(19(2)3)23-14-9-8-13-22(21)23/h5-19,28H,4H2,1-3H3/b25-17-/t28-/m1/s1. The van der Waals surface area contributed by atoms with Crippen molar-refractivity contribution in [3.05, 3.63) is 120 Å². The first kappa shape index (κ1) is 25.3. The van der Waals surface area contributed by atoms with Crippen LogP contribution in [0.1, 0.15) is 48.9 Å². The molecular formula is C31H27N3O3S2. The van der Waals surface area contributed by atoms with Crippen LogP contribution in [0.3, 0.4) is 0 Å². The zero-order valence-electron chi connectivity index (χ0n) is 21.8. The van der Waals surface area contributed by atoms with E-state index in [0.717, 1.165) is 26.9 Å². The second-order valence-electron chi connectivity index (χ2n) is 9.55. The highest BCUT2D eigenvalue weighted by atomic mass is 32.1. The largest absolute Gasteiger partial charge is 0.463 e. The van der Waals surface area contributed by atoms with E-state index in [1.807, 2.05) is 66.1 Å². The number of aromatic nitrogens is 2. The van der Waals surface area contributed by atoms with Gasteiger partial charge < -0.3 is 9.30 Å². The van der Waals surface area contributed by atoms with E-state index in [9.17, 15) is 9.59 Å². The van der Waals surface area contributed by atoms with Gasteiger partial charge in [0.15, 0.2) is 4.80 Å². The number of para-hydroxylation sites is 1. The summed E-state index contributed by atoms with van der Waals surface area (Å²) in [5.41, 5.74) is 3.65. The van der Waals surface area contributed by atoms with Gasteiger partial charge in [-0.2, -0.15) is 0 Å². The third-order valence-electron chi connectivity index (χ3n) is 6.80. The summed E-state index contributed by atoms with van der Waals surface area (Å²) in [5, 5.41) is 3.04. The van der Waals surface area contributed by atoms with Gasteiger partial charge in [0.25, 0.3) is 5.56 Å². The van der Waals surface area contributed by atoms with Crippen LogP contribution in [-0.2, 0) is 9.53 Å². The van der Waals surface area contributed by atoms with Gasteiger partial charge in [0, 0.05) is 39.1 Å². The Morgan fingerprint density at radius 2 is 1.85 bits per heavy atom. The molecule has 196 valence electrons. The average Bonchev–Trinajstić information content (AvgIpc) is 3.68. The third-order valence-corrected chi connectivity index (χ3v) is 8.71. The Balaban J connectivity index is 1.64. The number of nitrogens with zero attached hydrogens (tertiary/aromatic N) is 3. The molecule has 0 saturated heterocycles. The van der Waals surface area contributed by atoms with Crippen molar-refractivity contribution in [2.24, 2.45) is 4.99 Å². The first-order valence-corrected chi connectivity index (χ1v) is 14.6. The van der Waals surface area contributed by atoms with Crippen molar-refractivity contribution in [1.82, 2.24) is 9.13 Å². The smallest absolute Gasteiger partial charge is 0.338 e. The summed E-state index contributed by atoms with van der Waals surface area (Å²) in [6.45, 7) is 6.30. The molecule has 0 fully saturated rings. The fraction of sp³-hybridized carbons (Fsp3) is 0.194. The maximum absolute atomic E-state index is 14.1. The molecule has 0 unspecified atom stereocenters. The first-order valence-electron chi connectivity index (χ1n) is 12.9. The molecule has 5 aromatic rings. The summed E-state index contributed by atoms with van der Waals surface area (Å²) in [5.74, 6) is -0.465. The number of benzene rings is 2. The van der Waals surface area contributed by atoms with Crippen molar-refractivity contribution in [1.29, 1.82) is 0 Å². The Morgan fingerprint density at radius 3 is 2.56 bits per heavy atom. The molecule has 0 N–H and O–H groups in total. The summed E-state index contributed by atoms with van der Waals surface area (Å²) >= 11 is 2.85. The Labute approximate surface area is 233 Å². The number of rotatable bonds is 6. The Bertz CT molecular complexity index is 1890. The molecule has 0 spiro atoms. The van der Waals surface area contributed by atoms with Crippen LogP contribution in [0.15, 0.2) is 93.7 Å². The highest BCUT2D eigenvalue weighted by Gasteiger charge is 2.35. The van der Waals surface area contributed by atoms with E-state index in [1.165, 1.54) is 22.7 Å². The SMILES string of the molecule is CCOC(=O)C1=C(c2ccccc2)N=c2s/c(=C\c3cn(C(C)C)c4ccccc34)c(=O)n2[C@@H]1c1cccs1. The molecule has 0 saturated carbocycles. The van der Waals surface area contributed by atoms with Crippen molar-refractivity contribution >= 4 is 51.3 Å². The van der Waals surface area contributed by atoms with Gasteiger partial charge in [-0.1, -0.05) is 65.9 Å². The lowest BCUT2D eigenvalue weighted by Crippen LogP contribution is -2.39. The van der Waals surface area contributed by atoms with Gasteiger partial charge in [0.05, 0.1) is 22.4 Å². The van der Waals surface area contributed by atoms with E-state index in [0.29, 0.717) is 20.6 Å². The van der Waals surface area contributed by atoms with Crippen LogP contribution in [0, 0.1) is 0 Å². The molecule has 8 heteroatoms. The zero-order valence-corrected chi connectivity index (χ0v) is 23.5. The van der Waals surface area contributed by atoms with Crippen molar-refractivity contribution < 1.29 is 9.53 Å². The predicted molar refractivity (Wildman–Crippen MR) is 158 cm³/mol. The molecule has 0 aliphatic carbocycles. The predicted octanol–water partition coefficient (Wildman–Crippen LogP) is 5.53. The lowest BCUT2D eigenvalue weighted by Gasteiger charge is -2.24. The molecule has 1 atom stereocenters. The number of carbonyl (C=O) groups is 1. The Hall–Kier alpha value is -4.01. The van der Waals surface area contributed by atoms with E-state index in [2.05, 4.69) is 36.7 Å². The van der Waals surface area contributed by atoms with Gasteiger partial charge in [0.2, 0.25) is 0 Å². The highest BCUT2D eigenvalue weighted by Crippen LogP contribution is 2.37. The Morgan fingerprint density at radius 1 is 1.08 bits per heavy atom. The quantitative estimate of drug-likeness (QED) is 0.260. The number of esters is 1. The minimum absolute atomic E-state index is 0.174. The fourth-order valence-corrected chi connectivity index (χ4v) is 6.89. The minimum atomic E-state index is -0.630. The zero-order chi connectivity index (χ0) is 27.1. The molecule has 4 heterocycles. The molecule has 6 nitrogen and oxygen atoms in total. The normalized spacial score (nSPS) is 15.6. The van der Waals surface area contributed by atoms with Gasteiger partial charge in [-0.3, -0.25) is 9.36 Å². The van der Waals surface area contributed by atoms with E-state index in [1.54, 1.807) is 11.5 Å². The minimum Gasteiger partial charge on any atom is -0.463 e. The summed E-state index contributed by atoms with van der Waals surface area (Å²) < 4.78 is 9.96. The van der Waals surface area contributed by atoms with Crippen LogP contribution in [0.5, 0.6) is 0 Å². The molecule has 6 rings (SSSR count). The Kier molecular flexibility index (Phi) is 6.66. The number of ether oxygens (including phenoxy) is 1. The van der Waals surface area contributed by atoms with Gasteiger partial charge >= 0.3 is 5.97 Å². The topological polar surface area (TPSA) is 65.6 Å². The number of thiazole rings is 1. The van der Waals surface area contributed by atoms with Gasteiger partial charge in [-0.15, -0.1) is 11.3 Å². The highest BCUT2D eigenvalue weighted by molar-refractivity contribution is 7.10. The molecule has 0 radical (unpaired) electrons. The van der Waals surface area contributed by atoms with E-state index in [4.69, 9.17) is 9.73 Å². The molecular weight excluding hydrogens is 526 g/mol. The number of hydrogen-bond acceptors (Lipinski definition) is 6. The van der Waals surface area contributed by atoms with Crippen molar-refractivity contribution in [2.45, 2.75) is 32.9 Å². The molecule has 1 aliphatic rings. The van der Waals surface area contributed by atoms with E-state index >= 15 is 0 Å². The second kappa shape index (κ2) is 10.3. The van der Waals surface area contributed by atoms with E-state index in [-0.39, 0.29) is 18.2 Å². The van der Waals surface area contributed by atoms with Crippen molar-refractivity contribution in [3.8, 4) is 0 Å². The van der Waals surface area contributed by atoms with Crippen LogP contribution in [0.2, 0.25) is 0 Å². The van der Waals surface area contributed by atoms with Crippen LogP contribution in [0.4, 0.5) is 0 Å².